The molecule has 7 heteroatoms. The van der Waals surface area contributed by atoms with Gasteiger partial charge in [-0.2, -0.15) is 0 Å². The minimum absolute atomic E-state index is 0. The third-order valence-corrected chi connectivity index (χ3v) is 5.77. The van der Waals surface area contributed by atoms with Crippen LogP contribution in [0.25, 0.3) is 0 Å². The van der Waals surface area contributed by atoms with Gasteiger partial charge >= 0.3 is 5.97 Å². The number of aryl methyl sites for hydroxylation is 2. The van der Waals surface area contributed by atoms with Crippen LogP contribution in [0.4, 0.5) is 4.39 Å². The molecule has 5 nitrogen and oxygen atoms in total. The first-order chi connectivity index (χ1) is 15.0. The quantitative estimate of drug-likeness (QED) is 0.475. The van der Waals surface area contributed by atoms with Crippen molar-refractivity contribution < 1.29 is 23.8 Å². The fraction of sp³-hybridized carbons (Fsp3) is 0.480. The molecular weight excluding hydrogens is 433 g/mol. The summed E-state index contributed by atoms with van der Waals surface area (Å²) >= 11 is 0. The second kappa shape index (κ2) is 13.4. The first-order valence-corrected chi connectivity index (χ1v) is 11.0. The number of halogens is 2. The van der Waals surface area contributed by atoms with Crippen LogP contribution in [0.5, 0.6) is 5.75 Å². The van der Waals surface area contributed by atoms with Gasteiger partial charge in [-0.15, -0.1) is 12.4 Å². The molecule has 32 heavy (non-hydrogen) atoms. The molecule has 1 fully saturated rings. The summed E-state index contributed by atoms with van der Waals surface area (Å²) in [7, 11) is 0. The van der Waals surface area contributed by atoms with Crippen LogP contribution in [0.1, 0.15) is 37.3 Å². The Labute approximate surface area is 195 Å². The van der Waals surface area contributed by atoms with E-state index in [1.807, 2.05) is 30.3 Å². The predicted octanol–water partition coefficient (Wildman–Crippen LogP) is 4.96. The molecule has 1 aliphatic heterocycles. The van der Waals surface area contributed by atoms with Crippen LogP contribution in [-0.4, -0.2) is 48.5 Å². The highest BCUT2D eigenvalue weighted by molar-refractivity contribution is 5.85. The lowest BCUT2D eigenvalue weighted by Crippen LogP contribution is -2.44. The number of likely N-dealkylation sites (tertiary alicyclic amines) is 1. The van der Waals surface area contributed by atoms with Crippen molar-refractivity contribution in [3.63, 3.8) is 0 Å². The zero-order valence-electron chi connectivity index (χ0n) is 18.5. The van der Waals surface area contributed by atoms with Crippen LogP contribution in [0.3, 0.4) is 0 Å². The molecule has 1 atom stereocenters. The molecule has 3 rings (SSSR count). The minimum atomic E-state index is -0.854. The van der Waals surface area contributed by atoms with Gasteiger partial charge in [-0.25, -0.2) is 4.39 Å². The number of para-hydroxylation sites is 1. The van der Waals surface area contributed by atoms with Crippen molar-refractivity contribution in [2.45, 2.75) is 45.3 Å². The van der Waals surface area contributed by atoms with E-state index in [0.717, 1.165) is 55.6 Å². The lowest BCUT2D eigenvalue weighted by molar-refractivity contribution is -0.147. The van der Waals surface area contributed by atoms with Crippen LogP contribution in [-0.2, 0) is 22.4 Å². The summed E-state index contributed by atoms with van der Waals surface area (Å²) in [6.45, 7) is 4.62. The Balaban J connectivity index is 0.00000363. The van der Waals surface area contributed by atoms with E-state index in [0.29, 0.717) is 19.1 Å². The van der Waals surface area contributed by atoms with Gasteiger partial charge in [-0.05, 0) is 60.9 Å². The van der Waals surface area contributed by atoms with Gasteiger partial charge in [0.15, 0.2) is 0 Å². The van der Waals surface area contributed by atoms with Crippen LogP contribution < -0.4 is 4.74 Å². The fourth-order valence-electron chi connectivity index (χ4n) is 3.92. The van der Waals surface area contributed by atoms with Crippen molar-refractivity contribution in [3.05, 3.63) is 65.5 Å². The van der Waals surface area contributed by atoms with Gasteiger partial charge in [0.2, 0.25) is 0 Å². The summed E-state index contributed by atoms with van der Waals surface area (Å²) in [5.74, 6) is 0.378. The molecule has 0 aromatic heterocycles. The summed E-state index contributed by atoms with van der Waals surface area (Å²) < 4.78 is 25.3. The van der Waals surface area contributed by atoms with Gasteiger partial charge in [0.05, 0.1) is 13.0 Å². The molecule has 2 aromatic rings. The molecule has 1 unspecified atom stereocenters. The molecule has 1 heterocycles. The normalized spacial score (nSPS) is 15.7. The number of carboxylic acid groups (broad SMARTS) is 1. The van der Waals surface area contributed by atoms with Crippen molar-refractivity contribution in [2.24, 2.45) is 5.92 Å². The number of rotatable bonds is 11. The average molecular weight is 466 g/mol. The van der Waals surface area contributed by atoms with Crippen LogP contribution in [0.2, 0.25) is 0 Å². The Morgan fingerprint density at radius 1 is 1.12 bits per heavy atom. The lowest BCUT2D eigenvalue weighted by Gasteiger charge is -2.35. The third kappa shape index (κ3) is 8.41. The standard InChI is InChI=1S/C25H32FNO4.ClH/c1-19-11-13-27(14-12-19)24(18-25(28)29)31-16-15-30-23-8-3-2-6-21(23)10-9-20-5-4-7-22(26)17-20;/h2-8,17,19,24H,9-16,18H2,1H3,(H,28,29);1H. The van der Waals surface area contributed by atoms with Crippen molar-refractivity contribution in [3.8, 4) is 5.75 Å². The smallest absolute Gasteiger partial charge is 0.307 e. The minimum Gasteiger partial charge on any atom is -0.491 e. The maximum absolute atomic E-state index is 13.4. The first-order valence-electron chi connectivity index (χ1n) is 11.0. The number of benzene rings is 2. The maximum atomic E-state index is 13.4. The Morgan fingerprint density at radius 2 is 1.88 bits per heavy atom. The molecule has 0 bridgehead atoms. The van der Waals surface area contributed by atoms with E-state index in [1.165, 1.54) is 6.07 Å². The van der Waals surface area contributed by atoms with E-state index in [-0.39, 0.29) is 24.6 Å². The van der Waals surface area contributed by atoms with E-state index < -0.39 is 12.2 Å². The van der Waals surface area contributed by atoms with Crippen molar-refractivity contribution in [2.75, 3.05) is 26.3 Å². The summed E-state index contributed by atoms with van der Waals surface area (Å²) in [6, 6.07) is 14.5. The van der Waals surface area contributed by atoms with Crippen LogP contribution in [0.15, 0.2) is 48.5 Å². The molecule has 1 N–H and O–H groups in total. The predicted molar refractivity (Wildman–Crippen MR) is 125 cm³/mol. The number of piperidine rings is 1. The first kappa shape index (κ1) is 26.1. The average Bonchev–Trinajstić information content (AvgIpc) is 2.75. The van der Waals surface area contributed by atoms with E-state index >= 15 is 0 Å². The molecular formula is C25H33ClFNO4. The largest absolute Gasteiger partial charge is 0.491 e. The lowest BCUT2D eigenvalue weighted by atomic mass is 9.99. The molecule has 1 aliphatic rings. The molecule has 0 spiro atoms. The highest BCUT2D eigenvalue weighted by Crippen LogP contribution is 2.22. The highest BCUT2D eigenvalue weighted by atomic mass is 35.5. The number of hydrogen-bond donors (Lipinski definition) is 1. The second-order valence-corrected chi connectivity index (χ2v) is 8.23. The Morgan fingerprint density at radius 3 is 2.59 bits per heavy atom. The van der Waals surface area contributed by atoms with E-state index in [1.54, 1.807) is 12.1 Å². The summed E-state index contributed by atoms with van der Waals surface area (Å²) in [6.07, 6.45) is 3.15. The van der Waals surface area contributed by atoms with Crippen molar-refractivity contribution in [1.29, 1.82) is 0 Å². The number of nitrogens with zero attached hydrogens (tertiary/aromatic N) is 1. The Hall–Kier alpha value is -2.15. The van der Waals surface area contributed by atoms with Gasteiger partial charge in [-0.1, -0.05) is 37.3 Å². The molecule has 176 valence electrons. The molecule has 0 aliphatic carbocycles. The Bertz CT molecular complexity index is 842. The van der Waals surface area contributed by atoms with Gasteiger partial charge in [-0.3, -0.25) is 9.69 Å². The van der Waals surface area contributed by atoms with Crippen LogP contribution >= 0.6 is 12.4 Å². The number of hydrogen-bond acceptors (Lipinski definition) is 4. The van der Waals surface area contributed by atoms with Gasteiger partial charge in [0.25, 0.3) is 0 Å². The van der Waals surface area contributed by atoms with Crippen LogP contribution in [0, 0.1) is 11.7 Å². The van der Waals surface area contributed by atoms with Gasteiger partial charge < -0.3 is 14.6 Å². The highest BCUT2D eigenvalue weighted by Gasteiger charge is 2.25. The molecule has 0 saturated carbocycles. The van der Waals surface area contributed by atoms with E-state index in [2.05, 4.69) is 11.8 Å². The maximum Gasteiger partial charge on any atom is 0.307 e. The summed E-state index contributed by atoms with van der Waals surface area (Å²) in [5.41, 5.74) is 2.00. The summed E-state index contributed by atoms with van der Waals surface area (Å²) in [5, 5.41) is 9.25. The van der Waals surface area contributed by atoms with E-state index in [9.17, 15) is 14.3 Å². The fourth-order valence-corrected chi connectivity index (χ4v) is 3.92. The summed E-state index contributed by atoms with van der Waals surface area (Å²) in [4.78, 5) is 13.4. The number of ether oxygens (including phenoxy) is 2. The molecule has 2 aromatic carbocycles. The SMILES string of the molecule is CC1CCN(C(CC(=O)O)OCCOc2ccccc2CCc2cccc(F)c2)CC1.Cl. The second-order valence-electron chi connectivity index (χ2n) is 8.23. The zero-order chi connectivity index (χ0) is 22.1. The topological polar surface area (TPSA) is 59.0 Å². The molecule has 0 amide bonds. The van der Waals surface area contributed by atoms with Crippen molar-refractivity contribution >= 4 is 18.4 Å². The van der Waals surface area contributed by atoms with Gasteiger partial charge in [0, 0.05) is 13.1 Å². The molecule has 0 radical (unpaired) electrons. The third-order valence-electron chi connectivity index (χ3n) is 5.77. The number of aliphatic carboxylic acids is 1. The Kier molecular flexibility index (Phi) is 10.9. The zero-order valence-corrected chi connectivity index (χ0v) is 19.4. The number of carboxylic acids is 1. The monoisotopic (exact) mass is 465 g/mol. The van der Waals surface area contributed by atoms with Crippen molar-refractivity contribution in [1.82, 2.24) is 4.90 Å². The molecule has 1 saturated heterocycles. The van der Waals surface area contributed by atoms with E-state index in [4.69, 9.17) is 9.47 Å². The number of carbonyl (C=O) groups is 1. The van der Waals surface area contributed by atoms with Gasteiger partial charge in [0.1, 0.15) is 24.4 Å².